The molecular weight excluding hydrogens is 176 g/mol. The summed E-state index contributed by atoms with van der Waals surface area (Å²) in [6, 6.07) is 10.0. The van der Waals surface area contributed by atoms with Gasteiger partial charge < -0.3 is 5.73 Å². The largest absolute Gasteiger partial charge is 0.379 e. The highest BCUT2D eigenvalue weighted by Gasteiger charge is 2.24. The van der Waals surface area contributed by atoms with Crippen molar-refractivity contribution >= 4 is 6.34 Å². The van der Waals surface area contributed by atoms with Gasteiger partial charge in [0.15, 0.2) is 12.0 Å². The molecule has 0 amide bonds. The number of nitrogens with zero attached hydrogens (tertiary/aromatic N) is 2. The normalized spacial score (nSPS) is 25.1. The van der Waals surface area contributed by atoms with Crippen molar-refractivity contribution in [3.05, 3.63) is 47.9 Å². The minimum absolute atomic E-state index is 0.149. The molecular formula is C10H13N4+. The summed E-state index contributed by atoms with van der Waals surface area (Å²) in [6.45, 7) is 0.672. The van der Waals surface area contributed by atoms with E-state index in [4.69, 9.17) is 11.6 Å². The molecule has 1 aliphatic rings. The van der Waals surface area contributed by atoms with Crippen molar-refractivity contribution in [2.75, 3.05) is 0 Å². The molecule has 2 rings (SSSR count). The van der Waals surface area contributed by atoms with Crippen molar-refractivity contribution in [2.45, 2.75) is 6.54 Å². The van der Waals surface area contributed by atoms with Crippen LogP contribution in [0.4, 0.5) is 0 Å². The molecule has 4 N–H and O–H groups in total. The Morgan fingerprint density at radius 2 is 1.93 bits per heavy atom. The molecule has 1 aromatic rings. The lowest BCUT2D eigenvalue weighted by Gasteiger charge is -2.19. The topological polar surface area (TPSA) is 64.4 Å². The lowest BCUT2D eigenvalue weighted by Crippen LogP contribution is -2.46. The summed E-state index contributed by atoms with van der Waals surface area (Å²) in [5.74, 6) is 6.49. The molecule has 0 bridgehead atoms. The molecule has 0 spiro atoms. The van der Waals surface area contributed by atoms with E-state index >= 15 is 0 Å². The highest BCUT2D eigenvalue weighted by atomic mass is 15.6. The molecule has 4 heteroatoms. The van der Waals surface area contributed by atoms with E-state index in [1.165, 1.54) is 0 Å². The molecule has 14 heavy (non-hydrogen) atoms. The number of quaternary nitrogens is 1. The fraction of sp³-hybridized carbons (Fsp3) is 0.100. The summed E-state index contributed by atoms with van der Waals surface area (Å²) in [5.41, 5.74) is 6.69. The highest BCUT2D eigenvalue weighted by Crippen LogP contribution is 2.13. The summed E-state index contributed by atoms with van der Waals surface area (Å²) in [5, 5.41) is 0. The van der Waals surface area contributed by atoms with E-state index in [-0.39, 0.29) is 4.59 Å². The molecule has 1 heterocycles. The lowest BCUT2D eigenvalue weighted by atomic mass is 10.2. The molecule has 1 aliphatic heterocycles. The van der Waals surface area contributed by atoms with Crippen molar-refractivity contribution in [1.29, 1.82) is 0 Å². The van der Waals surface area contributed by atoms with Gasteiger partial charge >= 0.3 is 0 Å². The van der Waals surface area contributed by atoms with Crippen LogP contribution in [0, 0.1) is 0 Å². The van der Waals surface area contributed by atoms with Crippen LogP contribution in [0.25, 0.3) is 0 Å². The van der Waals surface area contributed by atoms with Gasteiger partial charge in [0.25, 0.3) is 0 Å². The second-order valence-electron chi connectivity index (χ2n) is 3.44. The highest BCUT2D eigenvalue weighted by molar-refractivity contribution is 5.52. The third-order valence-electron chi connectivity index (χ3n) is 2.09. The van der Waals surface area contributed by atoms with Gasteiger partial charge in [-0.25, -0.2) is 0 Å². The monoisotopic (exact) mass is 189 g/mol. The first kappa shape index (κ1) is 8.93. The number of rotatable bonds is 2. The van der Waals surface area contributed by atoms with Crippen LogP contribution in [0.15, 0.2) is 47.3 Å². The Morgan fingerprint density at radius 3 is 2.50 bits per heavy atom. The molecule has 1 aromatic carbocycles. The summed E-state index contributed by atoms with van der Waals surface area (Å²) in [7, 11) is 0. The van der Waals surface area contributed by atoms with Crippen molar-refractivity contribution in [1.82, 2.24) is 0 Å². The van der Waals surface area contributed by atoms with Crippen LogP contribution in [0.3, 0.4) is 0 Å². The Labute approximate surface area is 82.7 Å². The maximum atomic E-state index is 6.01. The molecule has 0 fully saturated rings. The summed E-state index contributed by atoms with van der Waals surface area (Å²) >= 11 is 0. The molecule has 0 aliphatic carbocycles. The van der Waals surface area contributed by atoms with Gasteiger partial charge in [0.1, 0.15) is 6.54 Å². The van der Waals surface area contributed by atoms with Crippen LogP contribution < -0.4 is 11.6 Å². The fourth-order valence-corrected chi connectivity index (χ4v) is 1.47. The first-order chi connectivity index (χ1) is 6.68. The Bertz CT molecular complexity index is 382. The zero-order chi connectivity index (χ0) is 10.0. The average molecular weight is 189 g/mol. The minimum atomic E-state index is 0.149. The molecule has 1 unspecified atom stereocenters. The molecule has 1 atom stereocenters. The van der Waals surface area contributed by atoms with Crippen LogP contribution >= 0.6 is 0 Å². The standard InChI is InChI=1S/C10H13N4/c11-10-7-14(12,8-13-10)6-9-4-2-1-3-5-9/h1-5,7-8H,6,11-12H2/q+1. The Kier molecular flexibility index (Phi) is 2.07. The lowest BCUT2D eigenvalue weighted by molar-refractivity contribution is -0.806. The van der Waals surface area contributed by atoms with Gasteiger partial charge in [-0.1, -0.05) is 30.3 Å². The smallest absolute Gasteiger partial charge is 0.216 e. The predicted octanol–water partition coefficient (Wildman–Crippen LogP) is 0.677. The number of benzene rings is 1. The van der Waals surface area contributed by atoms with E-state index in [2.05, 4.69) is 4.99 Å². The molecule has 4 nitrogen and oxygen atoms in total. The minimum Gasteiger partial charge on any atom is -0.379 e. The van der Waals surface area contributed by atoms with Gasteiger partial charge in [-0.15, -0.1) is 0 Å². The van der Waals surface area contributed by atoms with Gasteiger partial charge in [-0.3, -0.25) is 0 Å². The first-order valence-corrected chi connectivity index (χ1v) is 4.41. The van der Waals surface area contributed by atoms with E-state index < -0.39 is 0 Å². The van der Waals surface area contributed by atoms with E-state index in [9.17, 15) is 0 Å². The van der Waals surface area contributed by atoms with Crippen LogP contribution in [0.2, 0.25) is 0 Å². The van der Waals surface area contributed by atoms with Crippen LogP contribution in [-0.4, -0.2) is 10.9 Å². The average Bonchev–Trinajstić information content (AvgIpc) is 2.47. The quantitative estimate of drug-likeness (QED) is 0.530. The first-order valence-electron chi connectivity index (χ1n) is 4.41. The fourth-order valence-electron chi connectivity index (χ4n) is 1.47. The van der Waals surface area contributed by atoms with Crippen molar-refractivity contribution in [3.8, 4) is 0 Å². The molecule has 0 saturated carbocycles. The number of hydrogen-bond donors (Lipinski definition) is 2. The maximum absolute atomic E-state index is 6.01. The van der Waals surface area contributed by atoms with Crippen molar-refractivity contribution < 1.29 is 4.59 Å². The second kappa shape index (κ2) is 3.25. The molecule has 0 radical (unpaired) electrons. The summed E-state index contributed by atoms with van der Waals surface area (Å²) in [6.07, 6.45) is 3.37. The van der Waals surface area contributed by atoms with Gasteiger partial charge in [0.05, 0.1) is 0 Å². The molecule has 0 aromatic heterocycles. The second-order valence-corrected chi connectivity index (χ2v) is 3.44. The van der Waals surface area contributed by atoms with Crippen LogP contribution in [-0.2, 0) is 6.54 Å². The zero-order valence-electron chi connectivity index (χ0n) is 7.80. The Morgan fingerprint density at radius 1 is 1.21 bits per heavy atom. The van der Waals surface area contributed by atoms with Gasteiger partial charge in [0, 0.05) is 5.56 Å². The van der Waals surface area contributed by atoms with Crippen LogP contribution in [0.1, 0.15) is 5.56 Å². The van der Waals surface area contributed by atoms with E-state index in [1.54, 1.807) is 12.5 Å². The predicted molar refractivity (Wildman–Crippen MR) is 55.4 cm³/mol. The number of nitrogens with two attached hydrogens (primary N) is 2. The van der Waals surface area contributed by atoms with Gasteiger partial charge in [-0.2, -0.15) is 15.4 Å². The van der Waals surface area contributed by atoms with Crippen LogP contribution in [0.5, 0.6) is 0 Å². The summed E-state index contributed by atoms with van der Waals surface area (Å²) in [4.78, 5) is 3.95. The van der Waals surface area contributed by atoms with Gasteiger partial charge in [0.2, 0.25) is 6.34 Å². The zero-order valence-corrected chi connectivity index (χ0v) is 7.80. The van der Waals surface area contributed by atoms with Gasteiger partial charge in [-0.05, 0) is 0 Å². The number of hydrogen-bond acceptors (Lipinski definition) is 3. The maximum Gasteiger partial charge on any atom is 0.216 e. The SMILES string of the molecule is NC1=C[N+](N)(Cc2ccccc2)C=N1. The Balaban J connectivity index is 2.17. The Hall–Kier alpha value is -1.65. The van der Waals surface area contributed by atoms with E-state index in [0.29, 0.717) is 12.4 Å². The third-order valence-corrected chi connectivity index (χ3v) is 2.09. The van der Waals surface area contributed by atoms with E-state index in [0.717, 1.165) is 5.56 Å². The van der Waals surface area contributed by atoms with Crippen molar-refractivity contribution in [3.63, 3.8) is 0 Å². The van der Waals surface area contributed by atoms with Crippen molar-refractivity contribution in [2.24, 2.45) is 16.6 Å². The molecule has 0 saturated heterocycles. The number of aliphatic imine (C=N–C) groups is 1. The van der Waals surface area contributed by atoms with E-state index in [1.807, 2.05) is 30.3 Å². The summed E-state index contributed by atoms with van der Waals surface area (Å²) < 4.78 is 0.149. The third kappa shape index (κ3) is 1.81. The molecule has 72 valence electrons.